The molecule has 0 saturated heterocycles. The average molecular weight is 845 g/mol. The monoisotopic (exact) mass is 844 g/mol. The van der Waals surface area contributed by atoms with Gasteiger partial charge in [0.05, 0.1) is 42.2 Å². The van der Waals surface area contributed by atoms with Crippen LogP contribution < -0.4 is 15.4 Å². The summed E-state index contributed by atoms with van der Waals surface area (Å²) in [6.45, 7) is 4.36. The Labute approximate surface area is 332 Å². The van der Waals surface area contributed by atoms with E-state index in [1.54, 1.807) is 20.8 Å². The van der Waals surface area contributed by atoms with Gasteiger partial charge in [0.1, 0.15) is 35.6 Å². The van der Waals surface area contributed by atoms with E-state index in [1.165, 1.54) is 12.1 Å². The number of alkyl carbamates (subject to hydrolysis) is 1. The fourth-order valence-electron chi connectivity index (χ4n) is 6.59. The number of hydrogen-bond acceptors (Lipinski definition) is 10. The summed E-state index contributed by atoms with van der Waals surface area (Å²) in [4.78, 5) is 46.5. The molecule has 3 N–H and O–H groups in total. The number of hydrazine groups is 1. The van der Waals surface area contributed by atoms with Gasteiger partial charge in [-0.15, -0.1) is 0 Å². The minimum atomic E-state index is -5.01. The van der Waals surface area contributed by atoms with E-state index in [-0.39, 0.29) is 44.8 Å². The highest BCUT2D eigenvalue weighted by atomic mass is 19.4. The lowest BCUT2D eigenvalue weighted by atomic mass is 9.88. The summed E-state index contributed by atoms with van der Waals surface area (Å²) < 4.78 is 128. The topological polar surface area (TPSA) is 155 Å². The van der Waals surface area contributed by atoms with Crippen molar-refractivity contribution < 1.29 is 68.8 Å². The van der Waals surface area contributed by atoms with Crippen molar-refractivity contribution in [1.82, 2.24) is 25.3 Å². The molecule has 0 unspecified atom stereocenters. The lowest BCUT2D eigenvalue weighted by Crippen LogP contribution is -2.62. The van der Waals surface area contributed by atoms with Crippen molar-refractivity contribution in [3.8, 4) is 17.0 Å². The van der Waals surface area contributed by atoms with Gasteiger partial charge in [-0.25, -0.2) is 24.2 Å². The van der Waals surface area contributed by atoms with Crippen molar-refractivity contribution in [1.29, 1.82) is 0 Å². The average Bonchev–Trinajstić information content (AvgIpc) is 3.65. The number of benzene rings is 2. The van der Waals surface area contributed by atoms with Crippen LogP contribution in [-0.4, -0.2) is 87.6 Å². The third-order valence-electron chi connectivity index (χ3n) is 9.44. The zero-order chi connectivity index (χ0) is 43.5. The first kappa shape index (κ1) is 44.5. The number of nitrogens with one attached hydrogen (secondary N) is 2. The number of nitrogens with zero attached hydrogens (tertiary/aromatic N) is 4. The Balaban J connectivity index is 1.35. The Hall–Kier alpha value is -5.57. The zero-order valence-corrected chi connectivity index (χ0v) is 32.1. The highest BCUT2D eigenvalue weighted by Crippen LogP contribution is 2.45. The zero-order valence-electron chi connectivity index (χ0n) is 32.1. The van der Waals surface area contributed by atoms with Gasteiger partial charge in [-0.1, -0.05) is 18.9 Å². The first-order chi connectivity index (χ1) is 27.5. The molecule has 21 heteroatoms. The molecule has 0 bridgehead atoms. The van der Waals surface area contributed by atoms with Crippen molar-refractivity contribution in [3.63, 3.8) is 0 Å². The number of carbonyl (C=O) groups is 3. The first-order valence-corrected chi connectivity index (χ1v) is 18.1. The second kappa shape index (κ2) is 17.3. The number of alkyl halides is 6. The normalized spacial score (nSPS) is 16.1. The molecule has 1 spiro atoms. The molecule has 1 aromatic heterocycles. The van der Waals surface area contributed by atoms with Gasteiger partial charge in [0.15, 0.2) is 11.6 Å². The van der Waals surface area contributed by atoms with Crippen LogP contribution in [0.4, 0.5) is 45.6 Å². The van der Waals surface area contributed by atoms with Crippen LogP contribution >= 0.6 is 0 Å². The first-order valence-electron chi connectivity index (χ1n) is 18.1. The van der Waals surface area contributed by atoms with Gasteiger partial charge in [-0.3, -0.25) is 14.6 Å². The number of aliphatic hydroxyl groups excluding tert-OH is 1. The van der Waals surface area contributed by atoms with Crippen LogP contribution in [0, 0.1) is 11.6 Å². The smallest absolute Gasteiger partial charge is 0.433 e. The largest absolute Gasteiger partial charge is 0.509 e. The molecular formula is C38H40F8N6O7. The number of hydrogen-bond donors (Lipinski definition) is 3. The molecule has 3 aromatic rings. The Kier molecular flexibility index (Phi) is 13.1. The van der Waals surface area contributed by atoms with Crippen LogP contribution in [0.25, 0.3) is 11.3 Å². The van der Waals surface area contributed by atoms with Crippen LogP contribution in [0.15, 0.2) is 54.1 Å². The van der Waals surface area contributed by atoms with Crippen molar-refractivity contribution in [2.45, 2.75) is 76.5 Å². The predicted molar refractivity (Wildman–Crippen MR) is 192 cm³/mol. The molecule has 2 aromatic carbocycles. The Morgan fingerprint density at radius 2 is 1.61 bits per heavy atom. The lowest BCUT2D eigenvalue weighted by molar-refractivity contribution is -0.163. The number of rotatable bonds is 12. The van der Waals surface area contributed by atoms with Crippen molar-refractivity contribution >= 4 is 23.6 Å². The molecule has 2 aliphatic rings. The van der Waals surface area contributed by atoms with Gasteiger partial charge in [0.2, 0.25) is 5.82 Å². The molecule has 1 aliphatic heterocycles. The molecule has 0 radical (unpaired) electrons. The van der Waals surface area contributed by atoms with Crippen LogP contribution in [0.3, 0.4) is 0 Å². The van der Waals surface area contributed by atoms with Crippen molar-refractivity contribution in [2.24, 2.45) is 0 Å². The summed E-state index contributed by atoms with van der Waals surface area (Å²) in [5.74, 6) is -6.52. The van der Waals surface area contributed by atoms with Gasteiger partial charge in [0, 0.05) is 24.7 Å². The number of aromatic nitrogens is 2. The van der Waals surface area contributed by atoms with Crippen LogP contribution in [0.2, 0.25) is 0 Å². The van der Waals surface area contributed by atoms with E-state index < -0.39 is 105 Å². The maximum absolute atomic E-state index is 15.6. The lowest BCUT2D eigenvalue weighted by Gasteiger charge is -2.48. The van der Waals surface area contributed by atoms with Crippen molar-refractivity contribution in [2.75, 3.05) is 38.7 Å². The number of ether oxygens (including phenoxy) is 3. The molecular weight excluding hydrogens is 804 g/mol. The summed E-state index contributed by atoms with van der Waals surface area (Å²) in [5.41, 5.74) is -7.86. The summed E-state index contributed by atoms with van der Waals surface area (Å²) in [6, 6.07) is 4.39. The molecule has 13 nitrogen and oxygen atoms in total. The van der Waals surface area contributed by atoms with Crippen molar-refractivity contribution in [3.05, 3.63) is 82.5 Å². The Bertz CT molecular complexity index is 2100. The number of carbonyl (C=O) groups excluding carboxylic acids is 3. The van der Waals surface area contributed by atoms with Gasteiger partial charge < -0.3 is 30.0 Å². The second-order valence-electron chi connectivity index (χ2n) is 14.6. The molecule has 59 heavy (non-hydrogen) atoms. The van der Waals surface area contributed by atoms with E-state index in [1.807, 2.05) is 0 Å². The fraction of sp³-hybridized carbons (Fsp3) is 0.447. The summed E-state index contributed by atoms with van der Waals surface area (Å²) in [5, 5.41) is 18.5. The predicted octanol–water partition coefficient (Wildman–Crippen LogP) is 7.33. The number of amides is 3. The summed E-state index contributed by atoms with van der Waals surface area (Å²) in [6.07, 6.45) is -8.70. The van der Waals surface area contributed by atoms with Gasteiger partial charge >= 0.3 is 18.4 Å². The van der Waals surface area contributed by atoms with Gasteiger partial charge in [0.25, 0.3) is 11.8 Å². The Morgan fingerprint density at radius 1 is 0.915 bits per heavy atom. The molecule has 5 rings (SSSR count). The molecule has 1 fully saturated rings. The SMILES string of the molecule is CN1N(Cc2ccc(OCCOCCNC(=O)OC(C)(C)C)c(F)c2F)C(=O)C(C(=O)Nc2ccc(C(F)(F)F)cc2-c2cc(C(F)(F)F)ncn2)=C(O)C12CCCC2. The summed E-state index contributed by atoms with van der Waals surface area (Å²) >= 11 is 0. The maximum Gasteiger partial charge on any atom is 0.433 e. The number of halogens is 8. The van der Waals surface area contributed by atoms with Crippen LogP contribution in [0.5, 0.6) is 5.75 Å². The standard InChI is InChI=1S/C38H40F8N6O7/c1-35(2,3)59-34(56)47-13-14-57-15-16-58-26-10-7-21(29(39)30(26)40)19-52-33(55)28(31(53)36(51(52)4)11-5-6-12-36)32(54)50-24-9-8-22(37(41,42)43)17-23(24)25-18-27(38(44,45)46)49-20-48-25/h7-10,17-18,20,53H,5-6,11-16,19H2,1-4H3,(H,47,56)(H,50,54). The molecule has 0 atom stereocenters. The molecule has 1 saturated carbocycles. The number of anilines is 1. The minimum Gasteiger partial charge on any atom is -0.509 e. The van der Waals surface area contributed by atoms with Crippen LogP contribution in [0.1, 0.15) is 63.3 Å². The third-order valence-corrected chi connectivity index (χ3v) is 9.44. The van der Waals surface area contributed by atoms with Gasteiger partial charge in [-0.05, 0) is 63.9 Å². The van der Waals surface area contributed by atoms with E-state index in [9.17, 15) is 45.8 Å². The number of likely N-dealkylation sites (N-methyl/N-ethyl adjacent to an activating group) is 1. The molecule has 2 heterocycles. The highest BCUT2D eigenvalue weighted by Gasteiger charge is 2.53. The fourth-order valence-corrected chi connectivity index (χ4v) is 6.59. The van der Waals surface area contributed by atoms with E-state index in [4.69, 9.17) is 14.2 Å². The maximum atomic E-state index is 15.6. The number of aliphatic hydroxyl groups is 1. The molecule has 1 aliphatic carbocycles. The second-order valence-corrected chi connectivity index (χ2v) is 14.6. The Morgan fingerprint density at radius 3 is 2.25 bits per heavy atom. The quantitative estimate of drug-likeness (QED) is 0.0959. The third kappa shape index (κ3) is 10.2. The minimum absolute atomic E-state index is 0.0593. The van der Waals surface area contributed by atoms with E-state index >= 15 is 8.78 Å². The molecule has 320 valence electrons. The van der Waals surface area contributed by atoms with E-state index in [2.05, 4.69) is 20.6 Å². The molecule has 3 amide bonds. The highest BCUT2D eigenvalue weighted by molar-refractivity contribution is 6.24. The van der Waals surface area contributed by atoms with E-state index in [0.717, 1.165) is 23.2 Å². The van der Waals surface area contributed by atoms with Gasteiger partial charge in [-0.2, -0.15) is 30.7 Å². The van der Waals surface area contributed by atoms with Crippen LogP contribution in [-0.2, 0) is 38.0 Å². The summed E-state index contributed by atoms with van der Waals surface area (Å²) in [7, 11) is 1.41. The van der Waals surface area contributed by atoms with E-state index in [0.29, 0.717) is 37.4 Å².